The molecule has 2 N–H and O–H groups in total. The molecule has 0 bridgehead atoms. The van der Waals surface area contributed by atoms with Crippen molar-refractivity contribution in [2.24, 2.45) is 12.0 Å². The van der Waals surface area contributed by atoms with E-state index in [1.165, 1.54) is 6.07 Å². The van der Waals surface area contributed by atoms with Gasteiger partial charge in [-0.15, -0.1) is 10.2 Å². The average molecular weight is 348 g/mol. The van der Waals surface area contributed by atoms with Crippen molar-refractivity contribution in [2.75, 3.05) is 0 Å². The molecule has 1 atom stereocenters. The number of aryl methyl sites for hydroxylation is 1. The average Bonchev–Trinajstić information content (AvgIpc) is 3.34. The highest BCUT2D eigenvalue weighted by Crippen LogP contribution is 2.20. The maximum absolute atomic E-state index is 13.4. The minimum absolute atomic E-state index is 0.221. The zero-order valence-electron chi connectivity index (χ0n) is 14.6. The van der Waals surface area contributed by atoms with Gasteiger partial charge in [0.15, 0.2) is 23.4 Å². The Balaban J connectivity index is 1.72. The molecule has 0 radical (unpaired) electrons. The van der Waals surface area contributed by atoms with Crippen LogP contribution in [0.1, 0.15) is 43.0 Å². The van der Waals surface area contributed by atoms with Crippen LogP contribution in [0.15, 0.2) is 23.2 Å². The second-order valence-corrected chi connectivity index (χ2v) is 6.35. The van der Waals surface area contributed by atoms with E-state index in [0.717, 1.165) is 30.6 Å². The fourth-order valence-electron chi connectivity index (χ4n) is 2.36. The van der Waals surface area contributed by atoms with E-state index >= 15 is 0 Å². The van der Waals surface area contributed by atoms with Crippen LogP contribution < -0.4 is 10.6 Å². The Hall–Kier alpha value is -2.51. The SMILES string of the molecule is Cc1nnc(CN=C(NC2CC2)NC(C)c2ccc(F)c(F)c2)n1C. The smallest absolute Gasteiger partial charge is 0.192 e. The van der Waals surface area contributed by atoms with Gasteiger partial charge in [-0.05, 0) is 44.4 Å². The van der Waals surface area contributed by atoms with Crippen LogP contribution in [0, 0.1) is 18.6 Å². The quantitative estimate of drug-likeness (QED) is 0.643. The molecule has 1 fully saturated rings. The molecule has 0 aliphatic heterocycles. The molecule has 3 rings (SSSR count). The zero-order valence-corrected chi connectivity index (χ0v) is 14.6. The minimum atomic E-state index is -0.852. The summed E-state index contributed by atoms with van der Waals surface area (Å²) in [5, 5.41) is 14.7. The Morgan fingerprint density at radius 3 is 2.68 bits per heavy atom. The molecule has 0 saturated heterocycles. The molecule has 6 nitrogen and oxygen atoms in total. The first-order chi connectivity index (χ1) is 11.9. The van der Waals surface area contributed by atoms with Gasteiger partial charge in [0, 0.05) is 13.1 Å². The van der Waals surface area contributed by atoms with Crippen LogP contribution in [0.25, 0.3) is 0 Å². The number of nitrogens with zero attached hydrogens (tertiary/aromatic N) is 4. The van der Waals surface area contributed by atoms with E-state index in [-0.39, 0.29) is 6.04 Å². The van der Waals surface area contributed by atoms with E-state index in [1.54, 1.807) is 6.07 Å². The Bertz CT molecular complexity index is 781. The number of hydrogen-bond donors (Lipinski definition) is 2. The first-order valence-corrected chi connectivity index (χ1v) is 8.31. The lowest BCUT2D eigenvalue weighted by Crippen LogP contribution is -2.40. The molecule has 1 aliphatic rings. The van der Waals surface area contributed by atoms with Crippen LogP contribution in [0.3, 0.4) is 0 Å². The van der Waals surface area contributed by atoms with Crippen LogP contribution in [0.4, 0.5) is 8.78 Å². The van der Waals surface area contributed by atoms with Gasteiger partial charge in [0.05, 0.1) is 6.04 Å². The summed E-state index contributed by atoms with van der Waals surface area (Å²) < 4.78 is 28.4. The molecule has 25 heavy (non-hydrogen) atoms. The van der Waals surface area contributed by atoms with E-state index in [1.807, 2.05) is 25.5 Å². The van der Waals surface area contributed by atoms with E-state index in [4.69, 9.17) is 0 Å². The second kappa shape index (κ2) is 7.16. The summed E-state index contributed by atoms with van der Waals surface area (Å²) in [5.41, 5.74) is 0.652. The summed E-state index contributed by atoms with van der Waals surface area (Å²) in [6, 6.07) is 4.09. The summed E-state index contributed by atoms with van der Waals surface area (Å²) in [4.78, 5) is 4.56. The van der Waals surface area contributed by atoms with Gasteiger partial charge in [-0.25, -0.2) is 13.8 Å². The number of halogens is 2. The van der Waals surface area contributed by atoms with E-state index < -0.39 is 11.6 Å². The maximum Gasteiger partial charge on any atom is 0.192 e. The lowest BCUT2D eigenvalue weighted by Gasteiger charge is -2.18. The van der Waals surface area contributed by atoms with Crippen molar-refractivity contribution in [1.82, 2.24) is 25.4 Å². The summed E-state index contributed by atoms with van der Waals surface area (Å²) in [6.07, 6.45) is 2.20. The minimum Gasteiger partial charge on any atom is -0.354 e. The summed E-state index contributed by atoms with van der Waals surface area (Å²) in [7, 11) is 1.89. The first-order valence-electron chi connectivity index (χ1n) is 8.31. The van der Waals surface area contributed by atoms with E-state index in [9.17, 15) is 8.78 Å². The molecule has 1 heterocycles. The fraction of sp³-hybridized carbons (Fsp3) is 0.471. The van der Waals surface area contributed by atoms with Crippen molar-refractivity contribution >= 4 is 5.96 Å². The van der Waals surface area contributed by atoms with Crippen LogP contribution in [-0.4, -0.2) is 26.8 Å². The number of hydrogen-bond acceptors (Lipinski definition) is 3. The van der Waals surface area contributed by atoms with Gasteiger partial charge in [0.1, 0.15) is 12.4 Å². The van der Waals surface area contributed by atoms with Gasteiger partial charge in [0.2, 0.25) is 0 Å². The van der Waals surface area contributed by atoms with E-state index in [0.29, 0.717) is 24.1 Å². The molecule has 1 aliphatic carbocycles. The molecule has 2 aromatic rings. The molecule has 1 aromatic carbocycles. The standard InChI is InChI=1S/C17H22F2N6/c1-10(12-4-7-14(18)15(19)8-12)21-17(22-13-5-6-13)20-9-16-24-23-11(2)25(16)3/h4,7-8,10,13H,5-6,9H2,1-3H3,(H2,20,21,22). The third kappa shape index (κ3) is 4.32. The highest BCUT2D eigenvalue weighted by atomic mass is 19.2. The second-order valence-electron chi connectivity index (χ2n) is 6.35. The van der Waals surface area contributed by atoms with E-state index in [2.05, 4.69) is 25.8 Å². The van der Waals surface area contributed by atoms with Crippen LogP contribution in [0.2, 0.25) is 0 Å². The van der Waals surface area contributed by atoms with Crippen LogP contribution in [-0.2, 0) is 13.6 Å². The Morgan fingerprint density at radius 2 is 2.08 bits per heavy atom. The van der Waals surface area contributed by atoms with Crippen molar-refractivity contribution < 1.29 is 8.78 Å². The third-order valence-corrected chi connectivity index (χ3v) is 4.28. The predicted octanol–water partition coefficient (Wildman–Crippen LogP) is 2.36. The lowest BCUT2D eigenvalue weighted by atomic mass is 10.1. The third-order valence-electron chi connectivity index (χ3n) is 4.28. The Labute approximate surface area is 145 Å². The number of rotatable bonds is 5. The van der Waals surface area contributed by atoms with Gasteiger partial charge in [-0.2, -0.15) is 0 Å². The van der Waals surface area contributed by atoms with Gasteiger partial charge in [-0.1, -0.05) is 6.07 Å². The monoisotopic (exact) mass is 348 g/mol. The van der Waals surface area contributed by atoms with Crippen molar-refractivity contribution in [3.8, 4) is 0 Å². The van der Waals surface area contributed by atoms with Gasteiger partial charge < -0.3 is 15.2 Å². The molecule has 0 amide bonds. The van der Waals surface area contributed by atoms with Crippen molar-refractivity contribution in [3.05, 3.63) is 47.0 Å². The Kier molecular flexibility index (Phi) is 4.96. The molecule has 1 aromatic heterocycles. The number of aliphatic imine (C=N–C) groups is 1. The number of benzene rings is 1. The zero-order chi connectivity index (χ0) is 18.0. The molecule has 1 unspecified atom stereocenters. The molecular formula is C17H22F2N6. The summed E-state index contributed by atoms with van der Waals surface area (Å²) in [5.74, 6) is 0.508. The largest absolute Gasteiger partial charge is 0.354 e. The maximum atomic E-state index is 13.4. The highest BCUT2D eigenvalue weighted by Gasteiger charge is 2.23. The van der Waals surface area contributed by atoms with Crippen molar-refractivity contribution in [2.45, 2.75) is 45.3 Å². The number of nitrogens with one attached hydrogen (secondary N) is 2. The topological polar surface area (TPSA) is 67.1 Å². The van der Waals surface area contributed by atoms with Gasteiger partial charge in [-0.3, -0.25) is 0 Å². The van der Waals surface area contributed by atoms with Gasteiger partial charge >= 0.3 is 0 Å². The highest BCUT2D eigenvalue weighted by molar-refractivity contribution is 5.80. The molecule has 1 saturated carbocycles. The Morgan fingerprint density at radius 1 is 1.32 bits per heavy atom. The molecular weight excluding hydrogens is 326 g/mol. The van der Waals surface area contributed by atoms with Crippen molar-refractivity contribution in [3.63, 3.8) is 0 Å². The fourth-order valence-corrected chi connectivity index (χ4v) is 2.36. The molecule has 8 heteroatoms. The molecule has 0 spiro atoms. The van der Waals surface area contributed by atoms with Crippen molar-refractivity contribution in [1.29, 1.82) is 0 Å². The predicted molar refractivity (Wildman–Crippen MR) is 90.9 cm³/mol. The number of guanidine groups is 1. The lowest BCUT2D eigenvalue weighted by molar-refractivity contribution is 0.504. The number of aromatic nitrogens is 3. The normalized spacial score (nSPS) is 16.0. The summed E-state index contributed by atoms with van der Waals surface area (Å²) >= 11 is 0. The molecule has 134 valence electrons. The van der Waals surface area contributed by atoms with Crippen LogP contribution in [0.5, 0.6) is 0 Å². The first kappa shape index (κ1) is 17.3. The van der Waals surface area contributed by atoms with Crippen LogP contribution >= 0.6 is 0 Å². The van der Waals surface area contributed by atoms with Gasteiger partial charge in [0.25, 0.3) is 0 Å². The summed E-state index contributed by atoms with van der Waals surface area (Å²) in [6.45, 7) is 4.14.